The molecule has 202 valence electrons. The number of methoxy groups -OCH3 is 1. The highest BCUT2D eigenvalue weighted by Crippen LogP contribution is 2.61. The zero-order valence-corrected chi connectivity index (χ0v) is 22.5. The van der Waals surface area contributed by atoms with E-state index in [0.29, 0.717) is 33.7 Å². The Hall–Kier alpha value is -4.84. The molecule has 6 heteroatoms. The fraction of sp³-hybridized carbons (Fsp3) is 0.171. The van der Waals surface area contributed by atoms with E-state index in [-0.39, 0.29) is 17.3 Å². The molecule has 0 bridgehead atoms. The zero-order valence-electron chi connectivity index (χ0n) is 22.5. The van der Waals surface area contributed by atoms with Crippen molar-refractivity contribution in [2.24, 2.45) is 5.41 Å². The van der Waals surface area contributed by atoms with Crippen LogP contribution >= 0.6 is 0 Å². The summed E-state index contributed by atoms with van der Waals surface area (Å²) in [5, 5.41) is 0. The third-order valence-electron chi connectivity index (χ3n) is 8.83. The highest BCUT2D eigenvalue weighted by Gasteiger charge is 2.71. The van der Waals surface area contributed by atoms with Crippen molar-refractivity contribution in [2.45, 2.75) is 24.9 Å². The monoisotopic (exact) mass is 543 g/mol. The van der Waals surface area contributed by atoms with Gasteiger partial charge >= 0.3 is 0 Å². The van der Waals surface area contributed by atoms with Gasteiger partial charge < -0.3 is 9.64 Å². The highest BCUT2D eigenvalue weighted by molar-refractivity contribution is 6.32. The molecule has 3 atom stereocenters. The molecule has 4 aromatic rings. The molecule has 5 nitrogen and oxygen atoms in total. The predicted molar refractivity (Wildman–Crippen MR) is 154 cm³/mol. The third kappa shape index (κ3) is 3.43. The first kappa shape index (κ1) is 25.1. The van der Waals surface area contributed by atoms with Crippen molar-refractivity contribution < 1.29 is 23.5 Å². The van der Waals surface area contributed by atoms with Crippen LogP contribution in [0.3, 0.4) is 0 Å². The van der Waals surface area contributed by atoms with Crippen molar-refractivity contribution in [1.82, 2.24) is 0 Å². The van der Waals surface area contributed by atoms with Gasteiger partial charge in [0.05, 0.1) is 13.2 Å². The van der Waals surface area contributed by atoms with Crippen molar-refractivity contribution in [2.75, 3.05) is 12.0 Å². The van der Waals surface area contributed by atoms with Crippen molar-refractivity contribution in [3.8, 4) is 5.75 Å². The zero-order chi connectivity index (χ0) is 28.5. The lowest BCUT2D eigenvalue weighted by atomic mass is 9.64. The van der Waals surface area contributed by atoms with Gasteiger partial charge in [0.1, 0.15) is 23.0 Å². The molecule has 7 rings (SSSR count). The smallest absolute Gasteiger partial charge is 0.186 e. The van der Waals surface area contributed by atoms with E-state index in [4.69, 9.17) is 4.74 Å². The van der Waals surface area contributed by atoms with Crippen molar-refractivity contribution in [3.63, 3.8) is 0 Å². The highest BCUT2D eigenvalue weighted by atomic mass is 19.1. The van der Waals surface area contributed by atoms with E-state index in [2.05, 4.69) is 0 Å². The SMILES string of the molecule is COc1cccc(C(=O)[C@@H]2[C@@H](c3ccc(C)cc3)C3(C(=O)c4ccccc4C3=O)[C@@H]3C=Cc4cc(F)ccc4N23)c1. The van der Waals surface area contributed by atoms with Gasteiger partial charge in [0.2, 0.25) is 0 Å². The van der Waals surface area contributed by atoms with E-state index < -0.39 is 29.2 Å². The lowest BCUT2D eigenvalue weighted by Gasteiger charge is -2.37. The number of Topliss-reactive ketones (excluding diaryl/α,β-unsaturated/α-hetero) is 3. The molecular weight excluding hydrogens is 517 g/mol. The van der Waals surface area contributed by atoms with Crippen molar-refractivity contribution >= 4 is 29.1 Å². The molecule has 1 spiro atoms. The van der Waals surface area contributed by atoms with Crippen molar-refractivity contribution in [1.29, 1.82) is 0 Å². The van der Waals surface area contributed by atoms with Crippen LogP contribution in [0.25, 0.3) is 6.08 Å². The van der Waals surface area contributed by atoms with Crippen LogP contribution in [0.15, 0.2) is 97.1 Å². The largest absolute Gasteiger partial charge is 0.497 e. The first-order valence-electron chi connectivity index (χ1n) is 13.6. The molecule has 0 saturated carbocycles. The summed E-state index contributed by atoms with van der Waals surface area (Å²) in [6, 6.07) is 24.2. The summed E-state index contributed by atoms with van der Waals surface area (Å²) in [7, 11) is 1.53. The molecule has 0 amide bonds. The number of anilines is 1. The molecule has 0 aromatic heterocycles. The van der Waals surface area contributed by atoms with E-state index in [1.165, 1.54) is 19.2 Å². The number of ketones is 3. The maximum Gasteiger partial charge on any atom is 0.186 e. The average Bonchev–Trinajstić information content (AvgIpc) is 3.43. The molecule has 0 N–H and O–H groups in total. The van der Waals surface area contributed by atoms with Crippen LogP contribution in [0.1, 0.15) is 53.7 Å². The summed E-state index contributed by atoms with van der Waals surface area (Å²) >= 11 is 0. The fourth-order valence-corrected chi connectivity index (χ4v) is 7.04. The second-order valence-electron chi connectivity index (χ2n) is 10.9. The average molecular weight is 544 g/mol. The molecular formula is C35H26FNO4. The molecule has 4 aromatic carbocycles. The van der Waals surface area contributed by atoms with E-state index in [1.54, 1.807) is 66.7 Å². The van der Waals surface area contributed by atoms with Gasteiger partial charge in [0.15, 0.2) is 17.3 Å². The van der Waals surface area contributed by atoms with Gasteiger partial charge in [-0.25, -0.2) is 4.39 Å². The van der Waals surface area contributed by atoms with E-state index in [1.807, 2.05) is 36.1 Å². The summed E-state index contributed by atoms with van der Waals surface area (Å²) in [4.78, 5) is 45.9. The predicted octanol–water partition coefficient (Wildman–Crippen LogP) is 6.46. The number of nitrogens with zero attached hydrogens (tertiary/aromatic N) is 1. The number of carbonyl (C=O) groups excluding carboxylic acids is 3. The lowest BCUT2D eigenvalue weighted by Crippen LogP contribution is -2.48. The Morgan fingerprint density at radius 2 is 1.59 bits per heavy atom. The summed E-state index contributed by atoms with van der Waals surface area (Å²) in [5.41, 5.74) is 2.45. The molecule has 2 heterocycles. The second kappa shape index (κ2) is 9.10. The summed E-state index contributed by atoms with van der Waals surface area (Å²) < 4.78 is 19.8. The van der Waals surface area contributed by atoms with E-state index in [0.717, 1.165) is 11.1 Å². The summed E-state index contributed by atoms with van der Waals surface area (Å²) in [5.74, 6) is -1.55. The molecule has 0 radical (unpaired) electrons. The number of carbonyl (C=O) groups is 3. The number of rotatable bonds is 4. The van der Waals surface area contributed by atoms with Gasteiger partial charge in [-0.15, -0.1) is 0 Å². The maximum atomic E-state index is 14.7. The van der Waals surface area contributed by atoms with Crippen molar-refractivity contribution in [3.05, 3.63) is 136 Å². The number of ether oxygens (including phenoxy) is 1. The number of hydrogen-bond donors (Lipinski definition) is 0. The van der Waals surface area contributed by atoms with Gasteiger partial charge in [-0.05, 0) is 42.8 Å². The molecule has 41 heavy (non-hydrogen) atoms. The second-order valence-corrected chi connectivity index (χ2v) is 10.9. The first-order valence-corrected chi connectivity index (χ1v) is 13.6. The topological polar surface area (TPSA) is 63.7 Å². The van der Waals surface area contributed by atoms with Crippen LogP contribution in [0, 0.1) is 18.2 Å². The minimum absolute atomic E-state index is 0.251. The van der Waals surface area contributed by atoms with Gasteiger partial charge in [0.25, 0.3) is 0 Å². The Labute approximate surface area is 236 Å². The minimum atomic E-state index is -1.60. The molecule has 1 saturated heterocycles. The first-order chi connectivity index (χ1) is 19.9. The number of hydrogen-bond acceptors (Lipinski definition) is 5. The summed E-state index contributed by atoms with van der Waals surface area (Å²) in [6.07, 6.45) is 3.55. The van der Waals surface area contributed by atoms with Crippen LogP contribution in [-0.4, -0.2) is 36.5 Å². The quantitative estimate of drug-likeness (QED) is 0.218. The van der Waals surface area contributed by atoms with E-state index in [9.17, 15) is 18.8 Å². The normalized spacial score (nSPS) is 21.5. The van der Waals surface area contributed by atoms with Gasteiger partial charge in [-0.1, -0.05) is 78.4 Å². The molecule has 0 unspecified atom stereocenters. The Morgan fingerprint density at radius 3 is 2.27 bits per heavy atom. The number of halogens is 1. The van der Waals surface area contributed by atoms with Crippen LogP contribution in [0.4, 0.5) is 10.1 Å². The van der Waals surface area contributed by atoms with Gasteiger partial charge in [0, 0.05) is 33.9 Å². The standard InChI is InChI=1S/C35H26FNO4/c1-20-10-12-21(13-11-20)30-31(32(38)23-6-5-7-25(19-23)41-2)37-28-16-15-24(36)18-22(28)14-17-29(37)35(30)33(39)26-8-3-4-9-27(26)34(35)40/h3-19,29-31H,1-2H3/t29-,30+,31-/m0/s1. The summed E-state index contributed by atoms with van der Waals surface area (Å²) in [6.45, 7) is 1.96. The maximum absolute atomic E-state index is 14.7. The Balaban J connectivity index is 1.54. The van der Waals surface area contributed by atoms with Crippen LogP contribution < -0.4 is 9.64 Å². The number of benzene rings is 4. The van der Waals surface area contributed by atoms with Crippen LogP contribution in [0.5, 0.6) is 5.75 Å². The Morgan fingerprint density at radius 1 is 0.878 bits per heavy atom. The number of aryl methyl sites for hydroxylation is 1. The third-order valence-corrected chi connectivity index (χ3v) is 8.83. The Kier molecular flexibility index (Phi) is 5.58. The molecule has 2 aliphatic heterocycles. The van der Waals surface area contributed by atoms with Crippen LogP contribution in [0.2, 0.25) is 0 Å². The fourth-order valence-electron chi connectivity index (χ4n) is 7.04. The van der Waals surface area contributed by atoms with Crippen LogP contribution in [-0.2, 0) is 0 Å². The van der Waals surface area contributed by atoms with Gasteiger partial charge in [-0.2, -0.15) is 0 Å². The minimum Gasteiger partial charge on any atom is -0.497 e. The molecule has 3 aliphatic rings. The lowest BCUT2D eigenvalue weighted by molar-refractivity contribution is 0.0666. The van der Waals surface area contributed by atoms with E-state index >= 15 is 0 Å². The van der Waals surface area contributed by atoms with Gasteiger partial charge in [-0.3, -0.25) is 14.4 Å². The number of fused-ring (bicyclic) bond motifs is 5. The Bertz CT molecular complexity index is 1760. The molecule has 1 fully saturated rings. The molecule has 1 aliphatic carbocycles.